The van der Waals surface area contributed by atoms with Gasteiger partial charge in [-0.3, -0.25) is 4.98 Å². The lowest BCUT2D eigenvalue weighted by atomic mass is 9.83. The number of benzene rings is 1. The number of hydrogen-bond acceptors (Lipinski definition) is 2. The van der Waals surface area contributed by atoms with Crippen molar-refractivity contribution in [2.45, 2.75) is 57.4 Å². The van der Waals surface area contributed by atoms with Crippen LogP contribution in [0.3, 0.4) is 0 Å². The van der Waals surface area contributed by atoms with Crippen molar-refractivity contribution < 1.29 is 0 Å². The van der Waals surface area contributed by atoms with Gasteiger partial charge in [-0.2, -0.15) is 0 Å². The fourth-order valence-corrected chi connectivity index (χ4v) is 3.23. The quantitative estimate of drug-likeness (QED) is 0.897. The summed E-state index contributed by atoms with van der Waals surface area (Å²) in [5.41, 5.74) is 9.22. The number of pyridine rings is 1. The van der Waals surface area contributed by atoms with Crippen LogP contribution in [-0.2, 0) is 10.8 Å². The number of hydrogen-bond donors (Lipinski definition) is 1. The number of nitrogens with two attached hydrogens (primary N) is 1. The second-order valence-electron chi connectivity index (χ2n) is 7.32. The summed E-state index contributed by atoms with van der Waals surface area (Å²) in [6, 6.07) is 7.05. The molecule has 0 bridgehead atoms. The van der Waals surface area contributed by atoms with Gasteiger partial charge >= 0.3 is 0 Å². The third-order valence-electron chi connectivity index (χ3n) is 4.80. The Kier molecular flexibility index (Phi) is 2.91. The smallest absolute Gasteiger partial charge is 0.0346 e. The first-order valence-electron chi connectivity index (χ1n) is 7.49. The molecule has 2 nitrogen and oxygen atoms in total. The molecule has 2 heteroatoms. The van der Waals surface area contributed by atoms with Gasteiger partial charge in [-0.05, 0) is 47.8 Å². The van der Waals surface area contributed by atoms with E-state index in [2.05, 4.69) is 50.9 Å². The van der Waals surface area contributed by atoms with Crippen LogP contribution in [0.15, 0.2) is 30.6 Å². The largest absolute Gasteiger partial charge is 0.327 e. The highest BCUT2D eigenvalue weighted by atomic mass is 14.7. The van der Waals surface area contributed by atoms with Gasteiger partial charge in [0.25, 0.3) is 0 Å². The summed E-state index contributed by atoms with van der Waals surface area (Å²) in [6.45, 7) is 8.84. The normalized spacial score (nSPS) is 19.1. The molecule has 1 saturated carbocycles. The Morgan fingerprint density at radius 3 is 2.45 bits per heavy atom. The Hall–Kier alpha value is -1.41. The van der Waals surface area contributed by atoms with Crippen molar-refractivity contribution in [1.29, 1.82) is 0 Å². The monoisotopic (exact) mass is 268 g/mol. The van der Waals surface area contributed by atoms with Gasteiger partial charge in [-0.15, -0.1) is 0 Å². The Labute approximate surface area is 121 Å². The van der Waals surface area contributed by atoms with Crippen LogP contribution in [0.2, 0.25) is 0 Å². The van der Waals surface area contributed by atoms with Crippen LogP contribution in [0.4, 0.5) is 0 Å². The topological polar surface area (TPSA) is 38.9 Å². The summed E-state index contributed by atoms with van der Waals surface area (Å²) in [5, 5.41) is 2.55. The zero-order chi connectivity index (χ0) is 14.5. The molecular weight excluding hydrogens is 244 g/mol. The maximum absolute atomic E-state index is 6.19. The minimum absolute atomic E-state index is 0.118. The van der Waals surface area contributed by atoms with Gasteiger partial charge in [0.2, 0.25) is 0 Å². The lowest BCUT2D eigenvalue weighted by Crippen LogP contribution is -2.31. The van der Waals surface area contributed by atoms with E-state index in [-0.39, 0.29) is 16.9 Å². The molecule has 106 valence electrons. The number of nitrogens with zero attached hydrogens (tertiary/aromatic N) is 1. The third-order valence-corrected chi connectivity index (χ3v) is 4.80. The van der Waals surface area contributed by atoms with E-state index < -0.39 is 0 Å². The molecule has 0 spiro atoms. The van der Waals surface area contributed by atoms with Crippen molar-refractivity contribution in [3.63, 3.8) is 0 Å². The number of rotatable bonds is 2. The summed E-state index contributed by atoms with van der Waals surface area (Å²) >= 11 is 0. The van der Waals surface area contributed by atoms with Crippen LogP contribution in [0.1, 0.15) is 51.7 Å². The third kappa shape index (κ3) is 2.03. The first kappa shape index (κ1) is 13.6. The molecule has 1 aliphatic carbocycles. The zero-order valence-corrected chi connectivity index (χ0v) is 12.9. The molecule has 0 amide bonds. The predicted octanol–water partition coefficient (Wildman–Crippen LogP) is 3.91. The highest BCUT2D eigenvalue weighted by molar-refractivity contribution is 5.86. The van der Waals surface area contributed by atoms with Crippen molar-refractivity contribution in [3.8, 4) is 0 Å². The molecule has 1 aromatic carbocycles. The van der Waals surface area contributed by atoms with E-state index in [1.54, 1.807) is 0 Å². The molecule has 0 radical (unpaired) electrons. The average molecular weight is 268 g/mol. The van der Waals surface area contributed by atoms with E-state index in [4.69, 9.17) is 5.73 Å². The molecule has 1 atom stereocenters. The molecule has 1 unspecified atom stereocenters. The molecule has 1 aromatic heterocycles. The van der Waals surface area contributed by atoms with Gasteiger partial charge in [-0.1, -0.05) is 32.9 Å². The molecule has 2 N–H and O–H groups in total. The predicted molar refractivity (Wildman–Crippen MR) is 85.0 cm³/mol. The van der Waals surface area contributed by atoms with Gasteiger partial charge in [0.15, 0.2) is 0 Å². The molecular formula is C18H24N2. The summed E-state index contributed by atoms with van der Waals surface area (Å²) < 4.78 is 0. The first-order valence-corrected chi connectivity index (χ1v) is 7.49. The highest BCUT2D eigenvalue weighted by Gasteiger charge is 2.47. The Morgan fingerprint density at radius 2 is 1.90 bits per heavy atom. The van der Waals surface area contributed by atoms with Gasteiger partial charge in [0.05, 0.1) is 0 Å². The Morgan fingerprint density at radius 1 is 1.20 bits per heavy atom. The van der Waals surface area contributed by atoms with E-state index in [9.17, 15) is 0 Å². The van der Waals surface area contributed by atoms with Gasteiger partial charge in [0, 0.05) is 29.2 Å². The molecule has 1 aliphatic rings. The number of fused-ring (bicyclic) bond motifs is 1. The zero-order valence-electron chi connectivity index (χ0n) is 12.9. The van der Waals surface area contributed by atoms with Crippen molar-refractivity contribution >= 4 is 10.8 Å². The number of aromatic nitrogens is 1. The molecule has 0 aliphatic heterocycles. The van der Waals surface area contributed by atoms with Crippen LogP contribution in [0, 0.1) is 0 Å². The second-order valence-corrected chi connectivity index (χ2v) is 7.32. The van der Waals surface area contributed by atoms with Gasteiger partial charge in [0.1, 0.15) is 0 Å². The summed E-state index contributed by atoms with van der Waals surface area (Å²) in [7, 11) is 0. The van der Waals surface area contributed by atoms with Crippen LogP contribution < -0.4 is 5.73 Å². The average Bonchev–Trinajstić information content (AvgIpc) is 3.17. The lowest BCUT2D eigenvalue weighted by molar-refractivity contribution is 0.557. The van der Waals surface area contributed by atoms with Crippen LogP contribution >= 0.6 is 0 Å². The molecule has 1 heterocycles. The van der Waals surface area contributed by atoms with E-state index in [0.29, 0.717) is 0 Å². The Balaban J connectivity index is 2.15. The lowest BCUT2D eigenvalue weighted by Gasteiger charge is -2.23. The van der Waals surface area contributed by atoms with Crippen LogP contribution in [0.5, 0.6) is 0 Å². The van der Waals surface area contributed by atoms with Crippen molar-refractivity contribution in [1.82, 2.24) is 4.98 Å². The standard InChI is InChI=1S/C18H24N2/c1-12(19)18(7-8-18)14-5-6-15-13(9-14)10-20-11-16(15)17(2,3)4/h5-6,9-12H,7-8,19H2,1-4H3. The fraction of sp³-hybridized carbons (Fsp3) is 0.500. The fourth-order valence-electron chi connectivity index (χ4n) is 3.23. The maximum atomic E-state index is 6.19. The Bertz CT molecular complexity index is 646. The SMILES string of the molecule is CC(N)C1(c2ccc3c(C(C)(C)C)cncc3c2)CC1. The minimum Gasteiger partial charge on any atom is -0.327 e. The van der Waals surface area contributed by atoms with E-state index in [1.807, 2.05) is 12.4 Å². The van der Waals surface area contributed by atoms with E-state index in [1.165, 1.54) is 34.7 Å². The molecule has 2 aromatic rings. The second kappa shape index (κ2) is 4.29. The highest BCUT2D eigenvalue weighted by Crippen LogP contribution is 2.50. The van der Waals surface area contributed by atoms with E-state index >= 15 is 0 Å². The molecule has 0 saturated heterocycles. The molecule has 20 heavy (non-hydrogen) atoms. The van der Waals surface area contributed by atoms with Crippen molar-refractivity contribution in [3.05, 3.63) is 41.7 Å². The molecule has 1 fully saturated rings. The summed E-state index contributed by atoms with van der Waals surface area (Å²) in [4.78, 5) is 4.44. The minimum atomic E-state index is 0.118. The van der Waals surface area contributed by atoms with Crippen molar-refractivity contribution in [2.75, 3.05) is 0 Å². The van der Waals surface area contributed by atoms with Crippen molar-refractivity contribution in [2.24, 2.45) is 5.73 Å². The summed E-state index contributed by atoms with van der Waals surface area (Å²) in [5.74, 6) is 0. The van der Waals surface area contributed by atoms with E-state index in [0.717, 1.165) is 0 Å². The first-order chi connectivity index (χ1) is 9.34. The van der Waals surface area contributed by atoms with Crippen LogP contribution in [0.25, 0.3) is 10.8 Å². The summed E-state index contributed by atoms with van der Waals surface area (Å²) in [6.07, 6.45) is 6.40. The maximum Gasteiger partial charge on any atom is 0.0346 e. The van der Waals surface area contributed by atoms with Crippen LogP contribution in [-0.4, -0.2) is 11.0 Å². The van der Waals surface area contributed by atoms with Gasteiger partial charge < -0.3 is 5.73 Å². The van der Waals surface area contributed by atoms with Gasteiger partial charge in [-0.25, -0.2) is 0 Å². The molecule has 3 rings (SSSR count).